The van der Waals surface area contributed by atoms with Crippen molar-refractivity contribution < 1.29 is 10.2 Å². The summed E-state index contributed by atoms with van der Waals surface area (Å²) >= 11 is 0. The topological polar surface area (TPSA) is 104 Å². The van der Waals surface area contributed by atoms with Crippen molar-refractivity contribution in [2.75, 3.05) is 5.43 Å². The van der Waals surface area contributed by atoms with Crippen molar-refractivity contribution in [3.8, 4) is 5.75 Å². The van der Waals surface area contributed by atoms with Crippen LogP contribution in [0.5, 0.6) is 5.75 Å². The molecule has 3 N–H and O–H groups in total. The predicted molar refractivity (Wildman–Crippen MR) is 69.8 cm³/mol. The maximum absolute atomic E-state index is 9.89. The highest BCUT2D eigenvalue weighted by atomic mass is 16.3. The molecule has 19 heavy (non-hydrogen) atoms. The Morgan fingerprint density at radius 1 is 1.32 bits per heavy atom. The molecule has 0 aromatic carbocycles. The van der Waals surface area contributed by atoms with E-state index in [2.05, 4.69) is 25.5 Å². The van der Waals surface area contributed by atoms with Crippen LogP contribution in [0.15, 0.2) is 29.9 Å². The van der Waals surface area contributed by atoms with E-state index >= 15 is 0 Å². The third kappa shape index (κ3) is 3.02. The predicted octanol–water partition coefficient (Wildman–Crippen LogP) is 0.824. The fraction of sp³-hybridized carbons (Fsp3) is 0.167. The molecule has 0 aliphatic carbocycles. The molecule has 0 fully saturated rings. The van der Waals surface area contributed by atoms with E-state index in [9.17, 15) is 10.2 Å². The summed E-state index contributed by atoms with van der Waals surface area (Å²) in [5, 5.41) is 23.0. The van der Waals surface area contributed by atoms with Crippen molar-refractivity contribution in [1.29, 1.82) is 0 Å². The van der Waals surface area contributed by atoms with Gasteiger partial charge in [-0.3, -0.25) is 15.4 Å². The maximum Gasteiger partial charge on any atom is 0.164 e. The van der Waals surface area contributed by atoms with Crippen LogP contribution >= 0.6 is 0 Å². The summed E-state index contributed by atoms with van der Waals surface area (Å²) in [5.41, 5.74) is 4.06. The molecule has 2 aromatic rings. The van der Waals surface area contributed by atoms with Gasteiger partial charge in [-0.1, -0.05) is 0 Å². The Morgan fingerprint density at radius 2 is 2.16 bits per heavy atom. The highest BCUT2D eigenvalue weighted by Crippen LogP contribution is 2.21. The number of aryl methyl sites for hydroxylation is 1. The third-order valence-corrected chi connectivity index (χ3v) is 2.46. The van der Waals surface area contributed by atoms with Gasteiger partial charge in [0, 0.05) is 29.7 Å². The number of aliphatic hydroxyl groups excluding tert-OH is 1. The van der Waals surface area contributed by atoms with Crippen molar-refractivity contribution in [2.45, 2.75) is 13.5 Å². The van der Waals surface area contributed by atoms with Crippen LogP contribution in [-0.4, -0.2) is 31.4 Å². The summed E-state index contributed by atoms with van der Waals surface area (Å²) < 4.78 is 0. The summed E-state index contributed by atoms with van der Waals surface area (Å²) in [5.74, 6) is 0.478. The number of aromatic nitrogens is 3. The fourth-order valence-corrected chi connectivity index (χ4v) is 1.44. The van der Waals surface area contributed by atoms with E-state index in [1.165, 1.54) is 24.8 Å². The number of aromatic hydroxyl groups is 1. The van der Waals surface area contributed by atoms with Gasteiger partial charge >= 0.3 is 0 Å². The number of pyridine rings is 1. The van der Waals surface area contributed by atoms with Crippen molar-refractivity contribution in [1.82, 2.24) is 15.0 Å². The van der Waals surface area contributed by atoms with Gasteiger partial charge in [-0.25, -0.2) is 4.98 Å². The molecule has 0 spiro atoms. The first kappa shape index (κ1) is 12.9. The van der Waals surface area contributed by atoms with Crippen LogP contribution < -0.4 is 5.43 Å². The second-order valence-electron chi connectivity index (χ2n) is 3.75. The molecule has 7 nitrogen and oxygen atoms in total. The van der Waals surface area contributed by atoms with Gasteiger partial charge in [-0.15, -0.1) is 0 Å². The van der Waals surface area contributed by atoms with E-state index in [0.29, 0.717) is 22.6 Å². The van der Waals surface area contributed by atoms with Crippen LogP contribution in [0.3, 0.4) is 0 Å². The van der Waals surface area contributed by atoms with Gasteiger partial charge in [-0.05, 0) is 6.92 Å². The molecule has 98 valence electrons. The van der Waals surface area contributed by atoms with E-state index in [0.717, 1.165) is 0 Å². The minimum Gasteiger partial charge on any atom is -0.505 e. The molecule has 0 aliphatic rings. The first-order valence-corrected chi connectivity index (χ1v) is 5.55. The van der Waals surface area contributed by atoms with Gasteiger partial charge in [0.1, 0.15) is 5.75 Å². The van der Waals surface area contributed by atoms with Gasteiger partial charge in [-0.2, -0.15) is 5.10 Å². The first-order valence-electron chi connectivity index (χ1n) is 5.55. The molecule has 2 rings (SSSR count). The zero-order valence-corrected chi connectivity index (χ0v) is 10.3. The normalized spacial score (nSPS) is 10.8. The first-order chi connectivity index (χ1) is 9.22. The number of hydrogen-bond donors (Lipinski definition) is 3. The van der Waals surface area contributed by atoms with Gasteiger partial charge in [0.2, 0.25) is 0 Å². The van der Waals surface area contributed by atoms with Crippen LogP contribution in [0.4, 0.5) is 5.82 Å². The molecule has 2 heterocycles. The number of rotatable bonds is 4. The molecule has 0 atom stereocenters. The van der Waals surface area contributed by atoms with Crippen LogP contribution in [0.2, 0.25) is 0 Å². The minimum atomic E-state index is -0.229. The number of aliphatic hydroxyl groups is 1. The highest BCUT2D eigenvalue weighted by Gasteiger charge is 2.09. The lowest BCUT2D eigenvalue weighted by Crippen LogP contribution is -2.00. The Morgan fingerprint density at radius 3 is 2.84 bits per heavy atom. The number of nitrogens with zero attached hydrogens (tertiary/aromatic N) is 4. The summed E-state index contributed by atoms with van der Waals surface area (Å²) in [6, 6.07) is 0. The average Bonchev–Trinajstić information content (AvgIpc) is 2.45. The second kappa shape index (κ2) is 5.87. The van der Waals surface area contributed by atoms with Gasteiger partial charge in [0.05, 0.1) is 24.7 Å². The minimum absolute atomic E-state index is 0.00348. The molecule has 7 heteroatoms. The van der Waals surface area contributed by atoms with Crippen molar-refractivity contribution in [2.24, 2.45) is 5.10 Å². The SMILES string of the molecule is Cc1ncc(CO)c(C=NNc2cnccn2)c1O. The van der Waals surface area contributed by atoms with E-state index in [1.807, 2.05) is 0 Å². The third-order valence-electron chi connectivity index (χ3n) is 2.46. The lowest BCUT2D eigenvalue weighted by molar-refractivity contribution is 0.280. The lowest BCUT2D eigenvalue weighted by Gasteiger charge is -2.06. The Kier molecular flexibility index (Phi) is 3.99. The lowest BCUT2D eigenvalue weighted by atomic mass is 10.1. The molecule has 0 unspecified atom stereocenters. The number of nitrogens with one attached hydrogen (secondary N) is 1. The largest absolute Gasteiger partial charge is 0.505 e. The van der Waals surface area contributed by atoms with Crippen LogP contribution in [-0.2, 0) is 6.61 Å². The van der Waals surface area contributed by atoms with Crippen molar-refractivity contribution in [3.05, 3.63) is 41.6 Å². The monoisotopic (exact) mass is 259 g/mol. The summed E-state index contributed by atoms with van der Waals surface area (Å²) in [7, 11) is 0. The Balaban J connectivity index is 2.21. The quantitative estimate of drug-likeness (QED) is 0.555. The van der Waals surface area contributed by atoms with Gasteiger partial charge in [0.25, 0.3) is 0 Å². The Labute approximate surface area is 109 Å². The van der Waals surface area contributed by atoms with E-state index in [1.54, 1.807) is 13.1 Å². The Bertz CT molecular complexity index is 586. The molecular formula is C12H13N5O2. The van der Waals surface area contributed by atoms with Gasteiger partial charge in [0.15, 0.2) is 5.82 Å². The average molecular weight is 259 g/mol. The summed E-state index contributed by atoms with van der Waals surface area (Å²) in [6.45, 7) is 1.44. The van der Waals surface area contributed by atoms with Crippen LogP contribution in [0.1, 0.15) is 16.8 Å². The fourth-order valence-electron chi connectivity index (χ4n) is 1.44. The van der Waals surface area contributed by atoms with E-state index in [-0.39, 0.29) is 12.4 Å². The summed E-state index contributed by atoms with van der Waals surface area (Å²) in [6.07, 6.45) is 7.51. The number of hydrazone groups is 1. The zero-order valence-electron chi connectivity index (χ0n) is 10.3. The summed E-state index contributed by atoms with van der Waals surface area (Å²) in [4.78, 5) is 11.8. The standard InChI is InChI=1S/C12H13N5O2/c1-8-12(19)10(9(7-18)4-15-8)5-16-17-11-6-13-2-3-14-11/h2-6,18-19H,7H2,1H3,(H,14,17). The number of hydrogen-bond acceptors (Lipinski definition) is 7. The zero-order chi connectivity index (χ0) is 13.7. The molecule has 0 amide bonds. The molecule has 0 saturated carbocycles. The second-order valence-corrected chi connectivity index (χ2v) is 3.75. The maximum atomic E-state index is 9.89. The molecule has 0 aliphatic heterocycles. The smallest absolute Gasteiger partial charge is 0.164 e. The van der Waals surface area contributed by atoms with E-state index < -0.39 is 0 Å². The molecule has 2 aromatic heterocycles. The molecule has 0 radical (unpaired) electrons. The molecule has 0 bridgehead atoms. The molecule has 0 saturated heterocycles. The van der Waals surface area contributed by atoms with E-state index in [4.69, 9.17) is 0 Å². The number of anilines is 1. The molecular weight excluding hydrogens is 246 g/mol. The van der Waals surface area contributed by atoms with Crippen LogP contribution in [0.25, 0.3) is 0 Å². The van der Waals surface area contributed by atoms with Crippen LogP contribution in [0, 0.1) is 6.92 Å². The van der Waals surface area contributed by atoms with Gasteiger partial charge < -0.3 is 10.2 Å². The Hall–Kier alpha value is -2.54. The van der Waals surface area contributed by atoms with Crippen molar-refractivity contribution >= 4 is 12.0 Å². The van der Waals surface area contributed by atoms with Crippen molar-refractivity contribution in [3.63, 3.8) is 0 Å². The highest BCUT2D eigenvalue weighted by molar-refractivity contribution is 5.86.